The molecule has 1 atom stereocenters. The highest BCUT2D eigenvalue weighted by Crippen LogP contribution is 2.28. The Kier molecular flexibility index (Phi) is 4.70. The van der Waals surface area contributed by atoms with Crippen LogP contribution in [0.1, 0.15) is 18.5 Å². The molecule has 142 valence electrons. The quantitative estimate of drug-likeness (QED) is 0.741. The molecule has 1 N–H and O–H groups in total. The van der Waals surface area contributed by atoms with Crippen LogP contribution < -0.4 is 19.7 Å². The number of piperidine rings is 1. The minimum atomic E-state index is 0.308. The van der Waals surface area contributed by atoms with Crippen molar-refractivity contribution in [2.45, 2.75) is 25.8 Å². The number of anilines is 2. The third-order valence-electron chi connectivity index (χ3n) is 4.83. The number of hydrogen-bond acceptors (Lipinski definition) is 7. The highest BCUT2D eigenvalue weighted by molar-refractivity contribution is 5.55. The van der Waals surface area contributed by atoms with Crippen molar-refractivity contribution in [3.63, 3.8) is 0 Å². The maximum Gasteiger partial charge on any atom is 0.254 e. The van der Waals surface area contributed by atoms with Crippen LogP contribution in [-0.2, 0) is 0 Å². The summed E-state index contributed by atoms with van der Waals surface area (Å²) in [6.45, 7) is 3.84. The summed E-state index contributed by atoms with van der Waals surface area (Å²) in [5.41, 5.74) is 1.94. The predicted octanol–water partition coefficient (Wildman–Crippen LogP) is 2.53. The van der Waals surface area contributed by atoms with Crippen molar-refractivity contribution in [2.24, 2.45) is 0 Å². The zero-order chi connectivity index (χ0) is 18.8. The summed E-state index contributed by atoms with van der Waals surface area (Å²) < 4.78 is 12.6. The van der Waals surface area contributed by atoms with Crippen molar-refractivity contribution in [1.29, 1.82) is 0 Å². The molecule has 3 aromatic rings. The summed E-state index contributed by atoms with van der Waals surface area (Å²) in [4.78, 5) is 11.0. The summed E-state index contributed by atoms with van der Waals surface area (Å²) in [5, 5.41) is 7.96. The number of nitrogens with zero attached hydrogens (tertiary/aromatic N) is 5. The summed E-state index contributed by atoms with van der Waals surface area (Å²) in [7, 11) is 3.33. The summed E-state index contributed by atoms with van der Waals surface area (Å²) in [6.07, 6.45) is 3.74. The lowest BCUT2D eigenvalue weighted by Gasteiger charge is -2.35. The van der Waals surface area contributed by atoms with Gasteiger partial charge in [-0.3, -0.25) is 0 Å². The number of nitrogens with one attached hydrogen (secondary N) is 1. The zero-order valence-corrected chi connectivity index (χ0v) is 15.8. The molecule has 0 aliphatic carbocycles. The van der Waals surface area contributed by atoms with Crippen LogP contribution in [0.15, 0.2) is 30.6 Å². The first-order valence-electron chi connectivity index (χ1n) is 9.08. The van der Waals surface area contributed by atoms with Gasteiger partial charge >= 0.3 is 0 Å². The standard InChI is InChI=1S/C19H24N6O2/c1-13-7-18(25-19(22-13)20-12-21-25)24-6-4-5-14(11-24)23-15-8-16(26-2)10-17(9-15)27-3/h7-10,12,14,23H,4-6,11H2,1-3H3. The number of benzene rings is 1. The van der Waals surface area contributed by atoms with Gasteiger partial charge in [0.05, 0.1) is 14.2 Å². The van der Waals surface area contributed by atoms with E-state index in [1.54, 1.807) is 20.5 Å². The van der Waals surface area contributed by atoms with E-state index in [1.807, 2.05) is 29.6 Å². The lowest BCUT2D eigenvalue weighted by Crippen LogP contribution is -2.43. The Hall–Kier alpha value is -3.03. The summed E-state index contributed by atoms with van der Waals surface area (Å²) in [6, 6.07) is 8.24. The Morgan fingerprint density at radius 3 is 2.63 bits per heavy atom. The number of aromatic nitrogens is 4. The van der Waals surface area contributed by atoms with Gasteiger partial charge in [-0.15, -0.1) is 0 Å². The van der Waals surface area contributed by atoms with Crippen LogP contribution in [0.5, 0.6) is 11.5 Å². The van der Waals surface area contributed by atoms with E-state index in [4.69, 9.17) is 9.47 Å². The number of aryl methyl sites for hydroxylation is 1. The average Bonchev–Trinajstić information content (AvgIpc) is 3.15. The van der Waals surface area contributed by atoms with E-state index in [9.17, 15) is 0 Å². The van der Waals surface area contributed by atoms with E-state index in [1.165, 1.54) is 0 Å². The Morgan fingerprint density at radius 2 is 1.89 bits per heavy atom. The van der Waals surface area contributed by atoms with Crippen LogP contribution in [0.25, 0.3) is 5.78 Å². The summed E-state index contributed by atoms with van der Waals surface area (Å²) in [5.74, 6) is 3.22. The predicted molar refractivity (Wildman–Crippen MR) is 104 cm³/mol. The van der Waals surface area contributed by atoms with Crippen molar-refractivity contribution in [2.75, 3.05) is 37.5 Å². The fraction of sp³-hybridized carbons (Fsp3) is 0.421. The molecule has 1 saturated heterocycles. The maximum atomic E-state index is 5.37. The van der Waals surface area contributed by atoms with Gasteiger partial charge in [0.2, 0.25) is 0 Å². The first kappa shape index (κ1) is 17.4. The molecule has 1 fully saturated rings. The van der Waals surface area contributed by atoms with E-state index in [0.29, 0.717) is 11.8 Å². The Morgan fingerprint density at radius 1 is 1.11 bits per heavy atom. The SMILES string of the molecule is COc1cc(NC2CCCN(c3cc(C)nc4ncnn34)C2)cc(OC)c1. The highest BCUT2D eigenvalue weighted by atomic mass is 16.5. The van der Waals surface area contributed by atoms with Gasteiger partial charge in [0.25, 0.3) is 5.78 Å². The molecule has 0 amide bonds. The first-order chi connectivity index (χ1) is 13.2. The van der Waals surface area contributed by atoms with E-state index < -0.39 is 0 Å². The van der Waals surface area contributed by atoms with Gasteiger partial charge in [-0.25, -0.2) is 4.98 Å². The number of hydrogen-bond donors (Lipinski definition) is 1. The molecule has 1 aromatic carbocycles. The second kappa shape index (κ2) is 7.30. The van der Waals surface area contributed by atoms with Crippen molar-refractivity contribution in [3.8, 4) is 11.5 Å². The molecule has 27 heavy (non-hydrogen) atoms. The molecule has 0 saturated carbocycles. The van der Waals surface area contributed by atoms with Gasteiger partial charge < -0.3 is 19.7 Å². The van der Waals surface area contributed by atoms with Gasteiger partial charge in [0.1, 0.15) is 23.6 Å². The number of rotatable bonds is 5. The Labute approximate surface area is 158 Å². The molecular weight excluding hydrogens is 344 g/mol. The molecule has 3 heterocycles. The van der Waals surface area contributed by atoms with Crippen molar-refractivity contribution >= 4 is 17.3 Å². The van der Waals surface area contributed by atoms with Gasteiger partial charge in [0, 0.05) is 54.8 Å². The number of methoxy groups -OCH3 is 2. The van der Waals surface area contributed by atoms with Crippen LogP contribution >= 0.6 is 0 Å². The van der Waals surface area contributed by atoms with Crippen LogP contribution in [-0.4, -0.2) is 52.9 Å². The van der Waals surface area contributed by atoms with E-state index in [0.717, 1.165) is 54.6 Å². The maximum absolute atomic E-state index is 5.37. The zero-order valence-electron chi connectivity index (χ0n) is 15.8. The fourth-order valence-electron chi connectivity index (χ4n) is 3.57. The van der Waals surface area contributed by atoms with Crippen LogP contribution in [0, 0.1) is 6.92 Å². The smallest absolute Gasteiger partial charge is 0.254 e. The minimum Gasteiger partial charge on any atom is -0.497 e. The van der Waals surface area contributed by atoms with Crippen LogP contribution in [0.3, 0.4) is 0 Å². The van der Waals surface area contributed by atoms with E-state index in [-0.39, 0.29) is 0 Å². The molecule has 4 rings (SSSR count). The lowest BCUT2D eigenvalue weighted by atomic mass is 10.0. The Bertz CT molecular complexity index is 919. The van der Waals surface area contributed by atoms with Gasteiger partial charge in [0.15, 0.2) is 0 Å². The van der Waals surface area contributed by atoms with Gasteiger partial charge in [-0.05, 0) is 19.8 Å². The Balaban J connectivity index is 1.55. The first-order valence-corrected chi connectivity index (χ1v) is 9.08. The van der Waals surface area contributed by atoms with Crippen LogP contribution in [0.2, 0.25) is 0 Å². The second-order valence-electron chi connectivity index (χ2n) is 6.76. The molecule has 1 aliphatic rings. The molecule has 1 aliphatic heterocycles. The van der Waals surface area contributed by atoms with Crippen molar-refractivity contribution in [3.05, 3.63) is 36.3 Å². The minimum absolute atomic E-state index is 0.308. The molecule has 0 radical (unpaired) electrons. The lowest BCUT2D eigenvalue weighted by molar-refractivity contribution is 0.394. The largest absolute Gasteiger partial charge is 0.497 e. The monoisotopic (exact) mass is 368 g/mol. The van der Waals surface area contributed by atoms with E-state index in [2.05, 4.69) is 31.3 Å². The number of ether oxygens (including phenoxy) is 2. The molecule has 0 bridgehead atoms. The van der Waals surface area contributed by atoms with Crippen molar-refractivity contribution < 1.29 is 9.47 Å². The number of fused-ring (bicyclic) bond motifs is 1. The highest BCUT2D eigenvalue weighted by Gasteiger charge is 2.23. The molecular formula is C19H24N6O2. The van der Waals surface area contributed by atoms with Crippen LogP contribution in [0.4, 0.5) is 11.5 Å². The third kappa shape index (κ3) is 3.60. The molecule has 0 spiro atoms. The fourth-order valence-corrected chi connectivity index (χ4v) is 3.57. The summed E-state index contributed by atoms with van der Waals surface area (Å²) >= 11 is 0. The average molecular weight is 368 g/mol. The topological polar surface area (TPSA) is 76.8 Å². The van der Waals surface area contributed by atoms with Gasteiger partial charge in [-0.2, -0.15) is 14.6 Å². The normalized spacial score (nSPS) is 17.1. The molecule has 8 nitrogen and oxygen atoms in total. The van der Waals surface area contributed by atoms with Gasteiger partial charge in [-0.1, -0.05) is 0 Å². The van der Waals surface area contributed by atoms with Crippen molar-refractivity contribution in [1.82, 2.24) is 19.6 Å². The molecule has 2 aromatic heterocycles. The molecule has 8 heteroatoms. The third-order valence-corrected chi connectivity index (χ3v) is 4.83. The molecule has 1 unspecified atom stereocenters. The van der Waals surface area contributed by atoms with E-state index >= 15 is 0 Å². The second-order valence-corrected chi connectivity index (χ2v) is 6.76.